The maximum Gasteiger partial charge on any atom is 0.338 e. The number of aliphatic hydroxyl groups is 3. The lowest BCUT2D eigenvalue weighted by Gasteiger charge is -2.45. The number of phenols is 3. The van der Waals surface area contributed by atoms with Gasteiger partial charge in [-0.25, -0.2) is 4.79 Å². The maximum absolute atomic E-state index is 12.3. The Balaban J connectivity index is 1.66. The van der Waals surface area contributed by atoms with E-state index >= 15 is 0 Å². The molecule has 184 valence electrons. The molecule has 0 spiro atoms. The minimum absolute atomic E-state index is 0.159. The van der Waals surface area contributed by atoms with Crippen LogP contribution in [0.25, 0.3) is 0 Å². The molecule has 1 fully saturated rings. The third-order valence-electron chi connectivity index (χ3n) is 6.39. The average Bonchev–Trinajstić information content (AvgIpc) is 2.76. The molecule has 0 aromatic heterocycles. The lowest BCUT2D eigenvalue weighted by atomic mass is 9.79. The Morgan fingerprint density at radius 3 is 2.30 bits per heavy atom. The summed E-state index contributed by atoms with van der Waals surface area (Å²) in [5.41, 5.74) is 0.364. The number of aromatic hydroxyl groups is 3. The van der Waals surface area contributed by atoms with Gasteiger partial charge in [-0.05, 0) is 58.1 Å². The second-order valence-corrected chi connectivity index (χ2v) is 9.22. The molecular formula is C23H32O10. The van der Waals surface area contributed by atoms with Gasteiger partial charge in [0.15, 0.2) is 23.5 Å². The van der Waals surface area contributed by atoms with E-state index in [1.54, 1.807) is 0 Å². The van der Waals surface area contributed by atoms with Crippen LogP contribution < -0.4 is 0 Å². The molecule has 1 aromatic rings. The van der Waals surface area contributed by atoms with Crippen LogP contribution in [0, 0.1) is 5.92 Å². The fourth-order valence-electron chi connectivity index (χ4n) is 4.11. The molecule has 2 aliphatic rings. The average molecular weight is 468 g/mol. The predicted molar refractivity (Wildman–Crippen MR) is 115 cm³/mol. The molecule has 1 heterocycles. The number of ether oxygens (including phenoxy) is 3. The summed E-state index contributed by atoms with van der Waals surface area (Å²) in [5.74, 6) is -3.01. The van der Waals surface area contributed by atoms with E-state index in [-0.39, 0.29) is 11.5 Å². The van der Waals surface area contributed by atoms with Gasteiger partial charge in [-0.1, -0.05) is 11.6 Å². The van der Waals surface area contributed by atoms with Gasteiger partial charge in [0.25, 0.3) is 0 Å². The lowest BCUT2D eigenvalue weighted by molar-refractivity contribution is -0.328. The molecule has 10 heteroatoms. The summed E-state index contributed by atoms with van der Waals surface area (Å²) in [6, 6.07) is 1.81. The van der Waals surface area contributed by atoms with Gasteiger partial charge in [-0.2, -0.15) is 0 Å². The summed E-state index contributed by atoms with van der Waals surface area (Å²) < 4.78 is 16.8. The van der Waals surface area contributed by atoms with E-state index in [1.807, 2.05) is 13.8 Å². The highest BCUT2D eigenvalue weighted by atomic mass is 16.7. The molecule has 1 aliphatic carbocycles. The predicted octanol–water partition coefficient (Wildman–Crippen LogP) is 1.31. The SMILES string of the molecule is CC1=CCC(C(C)(C)O[C@@H]2O[C@H](COC(=O)c3cc(O)c(O)c(O)c3)[C@H](O)[C@H](O)[C@H]2O)CC1. The fraction of sp³-hybridized carbons (Fsp3) is 0.609. The van der Waals surface area contributed by atoms with Crippen molar-refractivity contribution in [1.29, 1.82) is 0 Å². The Labute approximate surface area is 191 Å². The normalized spacial score (nSPS) is 30.5. The number of rotatable bonds is 6. The van der Waals surface area contributed by atoms with Gasteiger partial charge in [-0.3, -0.25) is 0 Å². The standard InChI is InChI=1S/C23H32O10/c1-11-4-6-13(7-5-11)23(2,3)33-22-20(29)19(28)18(27)16(32-22)10-31-21(30)12-8-14(24)17(26)15(25)9-12/h4,8-9,13,16,18-20,22,24-29H,5-7,10H2,1-3H3/t13?,16-,18+,19+,20-,22+/m1/s1. The van der Waals surface area contributed by atoms with E-state index in [0.717, 1.165) is 31.4 Å². The summed E-state index contributed by atoms with van der Waals surface area (Å²) in [4.78, 5) is 12.3. The molecule has 6 N–H and O–H groups in total. The van der Waals surface area contributed by atoms with Crippen LogP contribution >= 0.6 is 0 Å². The molecule has 0 amide bonds. The van der Waals surface area contributed by atoms with Gasteiger partial charge in [0.2, 0.25) is 0 Å². The van der Waals surface area contributed by atoms with Gasteiger partial charge >= 0.3 is 5.97 Å². The number of aliphatic hydroxyl groups excluding tert-OH is 3. The largest absolute Gasteiger partial charge is 0.504 e. The first-order valence-corrected chi connectivity index (χ1v) is 10.9. The second kappa shape index (κ2) is 9.86. The number of carbonyl (C=O) groups excluding carboxylic acids is 1. The monoisotopic (exact) mass is 468 g/mol. The molecule has 1 aliphatic heterocycles. The zero-order valence-corrected chi connectivity index (χ0v) is 18.8. The molecule has 0 saturated carbocycles. The topological polar surface area (TPSA) is 166 Å². The molecule has 1 unspecified atom stereocenters. The minimum atomic E-state index is -1.60. The first kappa shape index (κ1) is 25.3. The summed E-state index contributed by atoms with van der Waals surface area (Å²) in [6.07, 6.45) is -2.35. The van der Waals surface area contributed by atoms with E-state index in [1.165, 1.54) is 5.57 Å². The highest BCUT2D eigenvalue weighted by molar-refractivity contribution is 5.91. The molecule has 6 atom stereocenters. The maximum atomic E-state index is 12.3. The summed E-state index contributed by atoms with van der Waals surface area (Å²) in [5, 5.41) is 59.5. The number of allylic oxidation sites excluding steroid dienone is 2. The van der Waals surface area contributed by atoms with Crippen molar-refractivity contribution in [1.82, 2.24) is 0 Å². The Morgan fingerprint density at radius 2 is 1.73 bits per heavy atom. The molecule has 1 saturated heterocycles. The van der Waals surface area contributed by atoms with E-state index < -0.39 is 66.1 Å². The molecule has 33 heavy (non-hydrogen) atoms. The van der Waals surface area contributed by atoms with Crippen molar-refractivity contribution in [3.05, 3.63) is 29.3 Å². The second-order valence-electron chi connectivity index (χ2n) is 9.22. The van der Waals surface area contributed by atoms with Crippen LogP contribution in [0.4, 0.5) is 0 Å². The number of hydrogen-bond donors (Lipinski definition) is 6. The quantitative estimate of drug-likeness (QED) is 0.204. The van der Waals surface area contributed by atoms with Crippen LogP contribution in [0.15, 0.2) is 23.8 Å². The van der Waals surface area contributed by atoms with Crippen LogP contribution in [-0.4, -0.2) is 79.5 Å². The zero-order valence-electron chi connectivity index (χ0n) is 18.8. The van der Waals surface area contributed by atoms with Crippen molar-refractivity contribution in [2.75, 3.05) is 6.61 Å². The van der Waals surface area contributed by atoms with Crippen LogP contribution in [0.5, 0.6) is 17.2 Å². The number of carbonyl (C=O) groups is 1. The highest BCUT2D eigenvalue weighted by Gasteiger charge is 2.47. The summed E-state index contributed by atoms with van der Waals surface area (Å²) in [7, 11) is 0. The van der Waals surface area contributed by atoms with E-state index in [4.69, 9.17) is 14.2 Å². The Bertz CT molecular complexity index is 872. The van der Waals surface area contributed by atoms with E-state index in [9.17, 15) is 35.4 Å². The highest BCUT2D eigenvalue weighted by Crippen LogP contribution is 2.37. The van der Waals surface area contributed by atoms with Crippen LogP contribution in [0.1, 0.15) is 50.4 Å². The third-order valence-corrected chi connectivity index (χ3v) is 6.39. The molecule has 3 rings (SSSR count). The van der Waals surface area contributed by atoms with Gasteiger partial charge in [0.1, 0.15) is 31.0 Å². The number of hydrogen-bond acceptors (Lipinski definition) is 10. The van der Waals surface area contributed by atoms with E-state index in [2.05, 4.69) is 13.0 Å². The fourth-order valence-corrected chi connectivity index (χ4v) is 4.11. The number of phenolic OH excluding ortho intramolecular Hbond substituents is 3. The van der Waals surface area contributed by atoms with Gasteiger partial charge in [0.05, 0.1) is 11.2 Å². The first-order chi connectivity index (χ1) is 15.4. The Hall–Kier alpha value is -2.37. The third kappa shape index (κ3) is 5.59. The summed E-state index contributed by atoms with van der Waals surface area (Å²) in [6.45, 7) is 5.32. The van der Waals surface area contributed by atoms with Gasteiger partial charge in [0, 0.05) is 0 Å². The molecule has 1 aromatic carbocycles. The van der Waals surface area contributed by atoms with Crippen LogP contribution in [0.3, 0.4) is 0 Å². The van der Waals surface area contributed by atoms with Gasteiger partial charge < -0.3 is 44.8 Å². The van der Waals surface area contributed by atoms with Crippen molar-refractivity contribution < 1.29 is 49.6 Å². The lowest BCUT2D eigenvalue weighted by Crippen LogP contribution is -2.61. The van der Waals surface area contributed by atoms with Crippen molar-refractivity contribution in [3.63, 3.8) is 0 Å². The van der Waals surface area contributed by atoms with Crippen LogP contribution in [-0.2, 0) is 14.2 Å². The van der Waals surface area contributed by atoms with E-state index in [0.29, 0.717) is 0 Å². The van der Waals surface area contributed by atoms with Crippen molar-refractivity contribution in [2.45, 2.75) is 76.3 Å². The smallest absolute Gasteiger partial charge is 0.338 e. The Morgan fingerprint density at radius 1 is 1.09 bits per heavy atom. The minimum Gasteiger partial charge on any atom is -0.504 e. The van der Waals surface area contributed by atoms with Crippen LogP contribution in [0.2, 0.25) is 0 Å². The Kier molecular flexibility index (Phi) is 7.55. The molecule has 0 bridgehead atoms. The van der Waals surface area contributed by atoms with Gasteiger partial charge in [-0.15, -0.1) is 0 Å². The number of esters is 1. The number of benzene rings is 1. The van der Waals surface area contributed by atoms with Crippen molar-refractivity contribution in [2.24, 2.45) is 5.92 Å². The molecule has 0 radical (unpaired) electrons. The summed E-state index contributed by atoms with van der Waals surface area (Å²) >= 11 is 0. The zero-order chi connectivity index (χ0) is 24.5. The van der Waals surface area contributed by atoms with Crippen molar-refractivity contribution >= 4 is 5.97 Å². The van der Waals surface area contributed by atoms with Crippen molar-refractivity contribution in [3.8, 4) is 17.2 Å². The molecule has 10 nitrogen and oxygen atoms in total. The molecular weight excluding hydrogens is 436 g/mol. The first-order valence-electron chi connectivity index (χ1n) is 10.9.